The highest BCUT2D eigenvalue weighted by Gasteiger charge is 2.16. The molecule has 1 unspecified atom stereocenters. The van der Waals surface area contributed by atoms with E-state index in [2.05, 4.69) is 47.2 Å². The molecule has 1 saturated heterocycles. The molecule has 0 spiro atoms. The fourth-order valence-electron chi connectivity index (χ4n) is 2.56. The van der Waals surface area contributed by atoms with Gasteiger partial charge in [0, 0.05) is 38.0 Å². The van der Waals surface area contributed by atoms with Crippen molar-refractivity contribution < 1.29 is 0 Å². The number of piperazine rings is 1. The Morgan fingerprint density at radius 2 is 2.09 bits per heavy atom. The molecule has 1 aromatic carbocycles. The van der Waals surface area contributed by atoms with Gasteiger partial charge in [-0.2, -0.15) is 0 Å². The Morgan fingerprint density at radius 1 is 1.35 bits per heavy atom. The molecule has 126 valence electrons. The average molecular weight is 354 g/mol. The number of nitrogens with one attached hydrogen (secondary N) is 2. The average Bonchev–Trinajstić information content (AvgIpc) is 2.94. The van der Waals surface area contributed by atoms with E-state index >= 15 is 0 Å². The third-order valence-corrected chi connectivity index (χ3v) is 5.75. The molecule has 0 saturated carbocycles. The molecule has 2 heterocycles. The molecule has 1 aliphatic rings. The van der Waals surface area contributed by atoms with Gasteiger partial charge in [-0.3, -0.25) is 0 Å². The lowest BCUT2D eigenvalue weighted by Gasteiger charge is -2.30. The molecule has 0 aliphatic carbocycles. The van der Waals surface area contributed by atoms with Crippen LogP contribution in [0.15, 0.2) is 17.3 Å². The summed E-state index contributed by atoms with van der Waals surface area (Å²) in [5.74, 6) is 1.01. The molecule has 0 bridgehead atoms. The molecule has 0 radical (unpaired) electrons. The van der Waals surface area contributed by atoms with Crippen molar-refractivity contribution in [1.82, 2.24) is 20.2 Å². The van der Waals surface area contributed by atoms with Gasteiger partial charge in [0.1, 0.15) is 0 Å². The van der Waals surface area contributed by atoms with E-state index in [-0.39, 0.29) is 0 Å². The predicted octanol–water partition coefficient (Wildman–Crippen LogP) is 2.67. The van der Waals surface area contributed by atoms with E-state index in [4.69, 9.17) is 16.6 Å². The SMILES string of the molecule is CC(CSc1nc2cc(N3CCNCC3)c(Cl)cc2[nH]1)N(C)C. The van der Waals surface area contributed by atoms with Crippen LogP contribution in [0.3, 0.4) is 0 Å². The standard InChI is InChI=1S/C16H24ClN5S/c1-11(21(2)3)10-23-16-19-13-8-12(17)15(9-14(13)20-16)22-6-4-18-5-7-22/h8-9,11,18H,4-7,10H2,1-3H3,(H,19,20). The van der Waals surface area contributed by atoms with Gasteiger partial charge in [-0.25, -0.2) is 4.98 Å². The molecule has 5 nitrogen and oxygen atoms in total. The van der Waals surface area contributed by atoms with Gasteiger partial charge in [-0.05, 0) is 33.2 Å². The fraction of sp³-hybridized carbons (Fsp3) is 0.562. The number of benzene rings is 1. The largest absolute Gasteiger partial charge is 0.368 e. The van der Waals surface area contributed by atoms with Gasteiger partial charge >= 0.3 is 0 Å². The Balaban J connectivity index is 1.79. The van der Waals surface area contributed by atoms with Crippen LogP contribution < -0.4 is 10.2 Å². The van der Waals surface area contributed by atoms with Crippen molar-refractivity contribution in [3.8, 4) is 0 Å². The van der Waals surface area contributed by atoms with Gasteiger partial charge < -0.3 is 20.1 Å². The Bertz CT molecular complexity index is 666. The zero-order valence-electron chi connectivity index (χ0n) is 13.9. The van der Waals surface area contributed by atoms with Crippen LogP contribution in [0.4, 0.5) is 5.69 Å². The minimum absolute atomic E-state index is 0.508. The zero-order chi connectivity index (χ0) is 16.4. The maximum atomic E-state index is 6.49. The molecule has 3 rings (SSSR count). The molecule has 2 aromatic rings. The smallest absolute Gasteiger partial charge is 0.166 e. The van der Waals surface area contributed by atoms with Crippen molar-refractivity contribution in [3.05, 3.63) is 17.2 Å². The summed E-state index contributed by atoms with van der Waals surface area (Å²) in [5.41, 5.74) is 3.09. The van der Waals surface area contributed by atoms with Gasteiger partial charge in [-0.1, -0.05) is 23.4 Å². The molecule has 1 aliphatic heterocycles. The quantitative estimate of drug-likeness (QED) is 0.809. The van der Waals surface area contributed by atoms with Crippen LogP contribution in [0, 0.1) is 0 Å². The molecule has 1 aromatic heterocycles. The van der Waals surface area contributed by atoms with E-state index in [1.165, 1.54) is 0 Å². The molecule has 2 N–H and O–H groups in total. The Morgan fingerprint density at radius 3 is 2.78 bits per heavy atom. The lowest BCUT2D eigenvalue weighted by Crippen LogP contribution is -2.43. The van der Waals surface area contributed by atoms with Crippen LogP contribution in [0.1, 0.15) is 6.92 Å². The number of rotatable bonds is 5. The zero-order valence-corrected chi connectivity index (χ0v) is 15.5. The third-order valence-electron chi connectivity index (χ3n) is 4.33. The number of H-pyrrole nitrogens is 1. The summed E-state index contributed by atoms with van der Waals surface area (Å²) in [6.45, 7) is 6.18. The maximum absolute atomic E-state index is 6.49. The summed E-state index contributed by atoms with van der Waals surface area (Å²) in [5, 5.41) is 5.12. The third kappa shape index (κ3) is 3.94. The Kier molecular flexibility index (Phi) is 5.36. The minimum Gasteiger partial charge on any atom is -0.368 e. The summed E-state index contributed by atoms with van der Waals surface area (Å²) in [4.78, 5) is 12.7. The first-order valence-electron chi connectivity index (χ1n) is 7.99. The van der Waals surface area contributed by atoms with E-state index in [0.717, 1.165) is 58.8 Å². The number of aromatic amines is 1. The second kappa shape index (κ2) is 7.30. The molecule has 1 fully saturated rings. The predicted molar refractivity (Wildman–Crippen MR) is 100 cm³/mol. The summed E-state index contributed by atoms with van der Waals surface area (Å²) < 4.78 is 0. The molecular weight excluding hydrogens is 330 g/mol. The molecule has 1 atom stereocenters. The van der Waals surface area contributed by atoms with Crippen molar-refractivity contribution in [2.24, 2.45) is 0 Å². The Hall–Kier alpha value is -0.950. The van der Waals surface area contributed by atoms with E-state index in [0.29, 0.717) is 6.04 Å². The van der Waals surface area contributed by atoms with Gasteiger partial charge in [0.15, 0.2) is 5.16 Å². The van der Waals surface area contributed by atoms with Crippen LogP contribution in [-0.4, -0.2) is 66.9 Å². The van der Waals surface area contributed by atoms with Crippen LogP contribution in [0.25, 0.3) is 11.0 Å². The number of hydrogen-bond acceptors (Lipinski definition) is 5. The lowest BCUT2D eigenvalue weighted by atomic mass is 10.2. The fourth-order valence-corrected chi connectivity index (χ4v) is 3.89. The first-order valence-corrected chi connectivity index (χ1v) is 9.35. The highest BCUT2D eigenvalue weighted by molar-refractivity contribution is 7.99. The van der Waals surface area contributed by atoms with Crippen molar-refractivity contribution >= 4 is 40.1 Å². The summed E-state index contributed by atoms with van der Waals surface area (Å²) in [6.07, 6.45) is 0. The first-order chi connectivity index (χ1) is 11.0. The van der Waals surface area contributed by atoms with E-state index < -0.39 is 0 Å². The lowest BCUT2D eigenvalue weighted by molar-refractivity contribution is 0.340. The highest BCUT2D eigenvalue weighted by atomic mass is 35.5. The van der Waals surface area contributed by atoms with E-state index in [9.17, 15) is 0 Å². The number of anilines is 1. The number of halogens is 1. The molecule has 23 heavy (non-hydrogen) atoms. The van der Waals surface area contributed by atoms with Crippen molar-refractivity contribution in [1.29, 1.82) is 0 Å². The number of fused-ring (bicyclic) bond motifs is 1. The van der Waals surface area contributed by atoms with Crippen molar-refractivity contribution in [2.45, 2.75) is 18.1 Å². The van der Waals surface area contributed by atoms with E-state index in [1.54, 1.807) is 11.8 Å². The van der Waals surface area contributed by atoms with Gasteiger partial charge in [0.25, 0.3) is 0 Å². The summed E-state index contributed by atoms with van der Waals surface area (Å²) in [6, 6.07) is 4.62. The molecular formula is C16H24ClN5S. The summed E-state index contributed by atoms with van der Waals surface area (Å²) in [7, 11) is 4.20. The van der Waals surface area contributed by atoms with E-state index in [1.807, 2.05) is 6.07 Å². The minimum atomic E-state index is 0.508. The van der Waals surface area contributed by atoms with Gasteiger partial charge in [-0.15, -0.1) is 0 Å². The number of aromatic nitrogens is 2. The first kappa shape index (κ1) is 16.9. The molecule has 7 heteroatoms. The number of nitrogens with zero attached hydrogens (tertiary/aromatic N) is 3. The number of hydrogen-bond donors (Lipinski definition) is 2. The van der Waals surface area contributed by atoms with Crippen LogP contribution in [0.5, 0.6) is 0 Å². The topological polar surface area (TPSA) is 47.2 Å². The number of imidazole rings is 1. The van der Waals surface area contributed by atoms with Crippen molar-refractivity contribution in [3.63, 3.8) is 0 Å². The normalized spacial score (nSPS) is 17.2. The van der Waals surface area contributed by atoms with Crippen LogP contribution >= 0.6 is 23.4 Å². The van der Waals surface area contributed by atoms with Gasteiger partial charge in [0.05, 0.1) is 21.7 Å². The molecule has 0 amide bonds. The Labute approximate surface area is 146 Å². The second-order valence-electron chi connectivity index (χ2n) is 6.22. The maximum Gasteiger partial charge on any atom is 0.166 e. The second-order valence-corrected chi connectivity index (χ2v) is 7.64. The van der Waals surface area contributed by atoms with Gasteiger partial charge in [0.2, 0.25) is 0 Å². The highest BCUT2D eigenvalue weighted by Crippen LogP contribution is 2.31. The number of thioether (sulfide) groups is 1. The van der Waals surface area contributed by atoms with Crippen LogP contribution in [0.2, 0.25) is 5.02 Å². The summed E-state index contributed by atoms with van der Waals surface area (Å²) >= 11 is 8.25. The monoisotopic (exact) mass is 353 g/mol. The van der Waals surface area contributed by atoms with Crippen LogP contribution in [-0.2, 0) is 0 Å². The van der Waals surface area contributed by atoms with Crippen molar-refractivity contribution in [2.75, 3.05) is 50.9 Å².